The molecule has 2 aromatic rings. The molecular formula is C25H35IN4O. The zero-order chi connectivity index (χ0) is 20.8. The van der Waals surface area contributed by atoms with Crippen LogP contribution in [0.25, 0.3) is 0 Å². The average Bonchev–Trinajstić information content (AvgIpc) is 3.57. The predicted octanol–water partition coefficient (Wildman–Crippen LogP) is 3.31. The van der Waals surface area contributed by atoms with Gasteiger partial charge in [-0.1, -0.05) is 54.6 Å². The van der Waals surface area contributed by atoms with Crippen LogP contribution in [0.15, 0.2) is 59.6 Å². The third-order valence-electron chi connectivity index (χ3n) is 6.31. The molecular weight excluding hydrogens is 499 g/mol. The molecule has 2 aromatic carbocycles. The average molecular weight is 534 g/mol. The van der Waals surface area contributed by atoms with Gasteiger partial charge in [-0.2, -0.15) is 0 Å². The molecule has 0 amide bonds. The van der Waals surface area contributed by atoms with Crippen LogP contribution in [0.5, 0.6) is 0 Å². The van der Waals surface area contributed by atoms with Crippen LogP contribution in [-0.4, -0.2) is 54.8 Å². The van der Waals surface area contributed by atoms with E-state index < -0.39 is 6.10 Å². The molecule has 1 fully saturated rings. The Morgan fingerprint density at radius 1 is 1.06 bits per heavy atom. The lowest BCUT2D eigenvalue weighted by Gasteiger charge is -2.30. The normalized spacial score (nSPS) is 18.5. The van der Waals surface area contributed by atoms with Crippen LogP contribution in [0.1, 0.15) is 36.5 Å². The van der Waals surface area contributed by atoms with Crippen LogP contribution < -0.4 is 10.6 Å². The molecule has 1 saturated carbocycles. The lowest BCUT2D eigenvalue weighted by atomic mass is 9.96. The molecule has 2 aliphatic rings. The standard InChI is InChI=1S/C25H34N4O.HI/c1-2-26-24(28-19-25(13-14-25)22-10-4-3-5-11-22)27-16-23(30)18-29-15-12-20-8-6-7-9-21(20)17-29;/h3-11,23,30H,2,12-19H2,1H3,(H2,26,27,28);1H. The number of aliphatic hydroxyl groups is 1. The molecule has 0 radical (unpaired) electrons. The van der Waals surface area contributed by atoms with E-state index in [2.05, 4.69) is 77.1 Å². The third kappa shape index (κ3) is 6.43. The van der Waals surface area contributed by atoms with E-state index in [9.17, 15) is 5.11 Å². The van der Waals surface area contributed by atoms with Crippen molar-refractivity contribution in [2.24, 2.45) is 4.99 Å². The van der Waals surface area contributed by atoms with Crippen molar-refractivity contribution in [2.45, 2.75) is 44.2 Å². The van der Waals surface area contributed by atoms with Crippen molar-refractivity contribution in [3.05, 3.63) is 71.3 Å². The van der Waals surface area contributed by atoms with E-state index >= 15 is 0 Å². The highest BCUT2D eigenvalue weighted by Gasteiger charge is 2.44. The van der Waals surface area contributed by atoms with E-state index in [1.807, 2.05) is 0 Å². The Kier molecular flexibility index (Phi) is 8.75. The van der Waals surface area contributed by atoms with Gasteiger partial charge in [-0.3, -0.25) is 9.89 Å². The number of aliphatic imine (C=N–C) groups is 1. The Labute approximate surface area is 203 Å². The lowest BCUT2D eigenvalue weighted by molar-refractivity contribution is 0.108. The van der Waals surface area contributed by atoms with Crippen LogP contribution in [0.3, 0.4) is 0 Å². The largest absolute Gasteiger partial charge is 0.390 e. The van der Waals surface area contributed by atoms with E-state index in [0.717, 1.165) is 38.6 Å². The summed E-state index contributed by atoms with van der Waals surface area (Å²) in [4.78, 5) is 7.18. The monoisotopic (exact) mass is 534 g/mol. The highest BCUT2D eigenvalue weighted by molar-refractivity contribution is 14.0. The van der Waals surface area contributed by atoms with Gasteiger partial charge >= 0.3 is 0 Å². The number of benzene rings is 2. The molecule has 4 rings (SSSR count). The number of nitrogens with zero attached hydrogens (tertiary/aromatic N) is 2. The Hall–Kier alpha value is -1.64. The van der Waals surface area contributed by atoms with Gasteiger partial charge < -0.3 is 15.7 Å². The summed E-state index contributed by atoms with van der Waals surface area (Å²) in [7, 11) is 0. The zero-order valence-corrected chi connectivity index (χ0v) is 20.7. The number of β-amino-alcohol motifs (C(OH)–C–C–N with tert-alkyl or cyclic N) is 1. The van der Waals surface area contributed by atoms with Crippen LogP contribution in [0.2, 0.25) is 0 Å². The van der Waals surface area contributed by atoms with Gasteiger partial charge in [0.2, 0.25) is 0 Å². The van der Waals surface area contributed by atoms with Gasteiger partial charge in [-0.25, -0.2) is 0 Å². The van der Waals surface area contributed by atoms with E-state index in [0.29, 0.717) is 13.1 Å². The summed E-state index contributed by atoms with van der Waals surface area (Å²) in [6.45, 7) is 6.76. The number of rotatable bonds is 8. The van der Waals surface area contributed by atoms with Gasteiger partial charge in [-0.15, -0.1) is 24.0 Å². The summed E-state index contributed by atoms with van der Waals surface area (Å²) < 4.78 is 0. The molecule has 0 aromatic heterocycles. The summed E-state index contributed by atoms with van der Waals surface area (Å²) in [5.74, 6) is 0.794. The maximum Gasteiger partial charge on any atom is 0.191 e. The molecule has 168 valence electrons. The molecule has 1 heterocycles. The van der Waals surface area contributed by atoms with E-state index in [1.54, 1.807) is 0 Å². The van der Waals surface area contributed by atoms with E-state index in [-0.39, 0.29) is 29.4 Å². The lowest BCUT2D eigenvalue weighted by Crippen LogP contribution is -2.45. The second kappa shape index (κ2) is 11.3. The summed E-state index contributed by atoms with van der Waals surface area (Å²) in [5.41, 5.74) is 4.41. The van der Waals surface area contributed by atoms with Crippen LogP contribution in [-0.2, 0) is 18.4 Å². The maximum absolute atomic E-state index is 10.6. The molecule has 31 heavy (non-hydrogen) atoms. The molecule has 1 atom stereocenters. The molecule has 0 saturated heterocycles. The smallest absolute Gasteiger partial charge is 0.191 e. The number of guanidine groups is 1. The quantitative estimate of drug-likeness (QED) is 0.277. The van der Waals surface area contributed by atoms with Crippen molar-refractivity contribution in [3.8, 4) is 0 Å². The minimum absolute atomic E-state index is 0. The predicted molar refractivity (Wildman–Crippen MR) is 138 cm³/mol. The van der Waals surface area contributed by atoms with Crippen molar-refractivity contribution >= 4 is 29.9 Å². The molecule has 5 nitrogen and oxygen atoms in total. The van der Waals surface area contributed by atoms with Crippen molar-refractivity contribution in [2.75, 3.05) is 32.7 Å². The fraction of sp³-hybridized carbons (Fsp3) is 0.480. The number of aliphatic hydroxyl groups excluding tert-OH is 1. The molecule has 3 N–H and O–H groups in total. The van der Waals surface area contributed by atoms with Crippen LogP contribution >= 0.6 is 24.0 Å². The number of fused-ring (bicyclic) bond motifs is 1. The highest BCUT2D eigenvalue weighted by atomic mass is 127. The van der Waals surface area contributed by atoms with Crippen molar-refractivity contribution < 1.29 is 5.11 Å². The molecule has 1 aliphatic carbocycles. The van der Waals surface area contributed by atoms with Gasteiger partial charge in [-0.05, 0) is 42.9 Å². The Morgan fingerprint density at radius 2 is 1.77 bits per heavy atom. The first-order valence-electron chi connectivity index (χ1n) is 11.2. The summed E-state index contributed by atoms with van der Waals surface area (Å²) in [6, 6.07) is 19.3. The van der Waals surface area contributed by atoms with Gasteiger partial charge in [0.25, 0.3) is 0 Å². The maximum atomic E-state index is 10.6. The number of halogens is 1. The third-order valence-corrected chi connectivity index (χ3v) is 6.31. The first-order valence-corrected chi connectivity index (χ1v) is 11.2. The second-order valence-corrected chi connectivity index (χ2v) is 8.63. The molecule has 1 unspecified atom stereocenters. The summed E-state index contributed by atoms with van der Waals surface area (Å²) in [5, 5.41) is 17.3. The van der Waals surface area contributed by atoms with Gasteiger partial charge in [0.1, 0.15) is 0 Å². The minimum Gasteiger partial charge on any atom is -0.390 e. The summed E-state index contributed by atoms with van der Waals surface area (Å²) >= 11 is 0. The summed E-state index contributed by atoms with van der Waals surface area (Å²) in [6.07, 6.45) is 3.02. The van der Waals surface area contributed by atoms with Gasteiger partial charge in [0.15, 0.2) is 5.96 Å². The topological polar surface area (TPSA) is 59.9 Å². The first kappa shape index (κ1) is 24.0. The molecule has 0 bridgehead atoms. The second-order valence-electron chi connectivity index (χ2n) is 8.63. The van der Waals surface area contributed by atoms with Crippen molar-refractivity contribution in [1.82, 2.24) is 15.5 Å². The fourth-order valence-corrected chi connectivity index (χ4v) is 4.34. The van der Waals surface area contributed by atoms with Crippen LogP contribution in [0, 0.1) is 0 Å². The zero-order valence-electron chi connectivity index (χ0n) is 18.4. The SMILES string of the molecule is CCNC(=NCC1(c2ccccc2)CC1)NCC(O)CN1CCc2ccccc2C1.I. The Morgan fingerprint density at radius 3 is 2.48 bits per heavy atom. The fourth-order valence-electron chi connectivity index (χ4n) is 4.34. The van der Waals surface area contributed by atoms with E-state index in [1.165, 1.54) is 29.5 Å². The van der Waals surface area contributed by atoms with Gasteiger partial charge in [0, 0.05) is 38.1 Å². The number of nitrogens with one attached hydrogen (secondary N) is 2. The first-order chi connectivity index (χ1) is 14.7. The number of hydrogen-bond donors (Lipinski definition) is 3. The molecule has 1 aliphatic heterocycles. The molecule has 0 spiro atoms. The highest BCUT2D eigenvalue weighted by Crippen LogP contribution is 2.48. The van der Waals surface area contributed by atoms with Gasteiger partial charge in [0.05, 0.1) is 12.6 Å². The number of hydrogen-bond acceptors (Lipinski definition) is 3. The Bertz CT molecular complexity index is 854. The van der Waals surface area contributed by atoms with Crippen molar-refractivity contribution in [3.63, 3.8) is 0 Å². The minimum atomic E-state index is -0.428. The molecule has 6 heteroatoms. The van der Waals surface area contributed by atoms with Crippen LogP contribution in [0.4, 0.5) is 0 Å². The van der Waals surface area contributed by atoms with E-state index in [4.69, 9.17) is 4.99 Å². The Balaban J connectivity index is 0.00000272. The van der Waals surface area contributed by atoms with Crippen molar-refractivity contribution in [1.29, 1.82) is 0 Å².